The van der Waals surface area contributed by atoms with Crippen LogP contribution in [0.5, 0.6) is 17.2 Å². The van der Waals surface area contributed by atoms with Gasteiger partial charge < -0.3 is 24.8 Å². The fraction of sp³-hybridized carbons (Fsp3) is 0.267. The number of methoxy groups -OCH3 is 2. The molecule has 1 amide bonds. The van der Waals surface area contributed by atoms with Crippen molar-refractivity contribution in [3.8, 4) is 17.2 Å². The quantitative estimate of drug-likeness (QED) is 0.496. The number of nitrogens with zero attached hydrogens (tertiary/aromatic N) is 2. The van der Waals surface area contributed by atoms with Gasteiger partial charge in [-0.1, -0.05) is 0 Å². The monoisotopic (exact) mass is 319 g/mol. The molecule has 0 bridgehead atoms. The number of guanidine groups is 1. The molecule has 8 nitrogen and oxygen atoms in total. The summed E-state index contributed by atoms with van der Waals surface area (Å²) in [6, 6.07) is 3.23. The molecule has 1 heterocycles. The molecular weight excluding hydrogens is 302 g/mol. The zero-order chi connectivity index (χ0) is 17.1. The Labute approximate surface area is 133 Å². The van der Waals surface area contributed by atoms with Crippen LogP contribution in [0, 0.1) is 0 Å². The minimum absolute atomic E-state index is 0.122. The third kappa shape index (κ3) is 3.25. The Hall–Kier alpha value is -3.03. The SMILES string of the molecule is COc1cc(/C=C2/C(=O)N=C(N)N2C)cc(OC)c1OC(C)=O. The van der Waals surface area contributed by atoms with Gasteiger partial charge in [-0.2, -0.15) is 4.99 Å². The Morgan fingerprint density at radius 1 is 1.26 bits per heavy atom. The van der Waals surface area contributed by atoms with Crippen molar-refractivity contribution in [3.63, 3.8) is 0 Å². The Kier molecular flexibility index (Phi) is 4.54. The van der Waals surface area contributed by atoms with Crippen molar-refractivity contribution in [2.24, 2.45) is 10.7 Å². The van der Waals surface area contributed by atoms with E-state index in [-0.39, 0.29) is 11.7 Å². The lowest BCUT2D eigenvalue weighted by atomic mass is 10.1. The summed E-state index contributed by atoms with van der Waals surface area (Å²) in [6.45, 7) is 1.28. The highest BCUT2D eigenvalue weighted by Gasteiger charge is 2.25. The van der Waals surface area contributed by atoms with Crippen molar-refractivity contribution in [1.29, 1.82) is 0 Å². The first-order valence-corrected chi connectivity index (χ1v) is 6.65. The van der Waals surface area contributed by atoms with Gasteiger partial charge in [0.1, 0.15) is 5.70 Å². The first-order valence-electron chi connectivity index (χ1n) is 6.65. The normalized spacial score (nSPS) is 15.7. The fourth-order valence-corrected chi connectivity index (χ4v) is 2.05. The van der Waals surface area contributed by atoms with E-state index in [4.69, 9.17) is 19.9 Å². The van der Waals surface area contributed by atoms with Crippen LogP contribution in [0.15, 0.2) is 22.8 Å². The summed E-state index contributed by atoms with van der Waals surface area (Å²) in [5, 5.41) is 0. The van der Waals surface area contributed by atoms with E-state index in [2.05, 4.69) is 4.99 Å². The number of hydrogen-bond donors (Lipinski definition) is 1. The predicted octanol–water partition coefficient (Wildman–Crippen LogP) is 0.757. The largest absolute Gasteiger partial charge is 0.493 e. The van der Waals surface area contributed by atoms with Crippen LogP contribution < -0.4 is 19.9 Å². The van der Waals surface area contributed by atoms with Gasteiger partial charge in [-0.3, -0.25) is 9.59 Å². The summed E-state index contributed by atoms with van der Waals surface area (Å²) >= 11 is 0. The Bertz CT molecular complexity index is 699. The molecule has 0 saturated heterocycles. The third-order valence-electron chi connectivity index (χ3n) is 3.17. The predicted molar refractivity (Wildman–Crippen MR) is 83.2 cm³/mol. The van der Waals surface area contributed by atoms with Crippen LogP contribution in [0.1, 0.15) is 12.5 Å². The van der Waals surface area contributed by atoms with Crippen LogP contribution in [0.2, 0.25) is 0 Å². The minimum atomic E-state index is -0.500. The standard InChI is InChI=1S/C15H17N3O5/c1-8(19)23-13-11(21-3)6-9(7-12(13)22-4)5-10-14(20)17-15(16)18(10)2/h5-7H,1-4H3,(H2,16,17,20)/b10-5-. The maximum Gasteiger partial charge on any atom is 0.308 e. The van der Waals surface area contributed by atoms with Crippen molar-refractivity contribution in [3.05, 3.63) is 23.4 Å². The van der Waals surface area contributed by atoms with E-state index in [1.165, 1.54) is 26.0 Å². The molecule has 1 aromatic rings. The van der Waals surface area contributed by atoms with Gasteiger partial charge >= 0.3 is 5.97 Å². The number of aliphatic imine (C=N–C) groups is 1. The number of amides is 1. The lowest BCUT2D eigenvalue weighted by Crippen LogP contribution is -2.28. The van der Waals surface area contributed by atoms with E-state index < -0.39 is 11.9 Å². The summed E-state index contributed by atoms with van der Waals surface area (Å²) in [7, 11) is 4.51. The summed E-state index contributed by atoms with van der Waals surface area (Å²) in [5.41, 5.74) is 6.53. The highest BCUT2D eigenvalue weighted by atomic mass is 16.6. The van der Waals surface area contributed by atoms with E-state index >= 15 is 0 Å². The van der Waals surface area contributed by atoms with Gasteiger partial charge in [-0.05, 0) is 23.8 Å². The summed E-state index contributed by atoms with van der Waals surface area (Å²) in [5.74, 6) is -0.0448. The molecule has 8 heteroatoms. The summed E-state index contributed by atoms with van der Waals surface area (Å²) in [6.07, 6.45) is 1.59. The molecular formula is C15H17N3O5. The Morgan fingerprint density at radius 2 is 1.83 bits per heavy atom. The number of ether oxygens (including phenoxy) is 3. The molecule has 2 N–H and O–H groups in total. The lowest BCUT2D eigenvalue weighted by molar-refractivity contribution is -0.132. The van der Waals surface area contributed by atoms with E-state index in [1.807, 2.05) is 0 Å². The smallest absolute Gasteiger partial charge is 0.308 e. The molecule has 0 fully saturated rings. The van der Waals surface area contributed by atoms with Gasteiger partial charge in [-0.15, -0.1) is 0 Å². The molecule has 122 valence electrons. The second-order valence-corrected chi connectivity index (χ2v) is 4.71. The topological polar surface area (TPSA) is 103 Å². The maximum absolute atomic E-state index is 11.8. The molecule has 0 aliphatic carbocycles. The molecule has 2 rings (SSSR count). The number of nitrogens with two attached hydrogens (primary N) is 1. The highest BCUT2D eigenvalue weighted by Crippen LogP contribution is 2.39. The number of benzene rings is 1. The second-order valence-electron chi connectivity index (χ2n) is 4.71. The number of likely N-dealkylation sites (N-methyl/N-ethyl adjacent to an activating group) is 1. The number of esters is 1. The van der Waals surface area contributed by atoms with Gasteiger partial charge in [0.15, 0.2) is 11.5 Å². The van der Waals surface area contributed by atoms with Crippen LogP contribution >= 0.6 is 0 Å². The first-order chi connectivity index (χ1) is 10.9. The molecule has 0 spiro atoms. The Morgan fingerprint density at radius 3 is 2.22 bits per heavy atom. The molecule has 0 unspecified atom stereocenters. The maximum atomic E-state index is 11.8. The van der Waals surface area contributed by atoms with Crippen LogP contribution in [-0.4, -0.2) is 44.0 Å². The zero-order valence-corrected chi connectivity index (χ0v) is 13.2. The number of hydrogen-bond acceptors (Lipinski definition) is 7. The summed E-state index contributed by atoms with van der Waals surface area (Å²) < 4.78 is 15.6. The number of carbonyl (C=O) groups excluding carboxylic acids is 2. The minimum Gasteiger partial charge on any atom is -0.493 e. The molecule has 0 saturated carbocycles. The first kappa shape index (κ1) is 16.3. The molecule has 1 aliphatic heterocycles. The Balaban J connectivity index is 2.49. The number of carbonyl (C=O) groups is 2. The highest BCUT2D eigenvalue weighted by molar-refractivity contribution is 6.12. The van der Waals surface area contributed by atoms with Gasteiger partial charge in [-0.25, -0.2) is 0 Å². The van der Waals surface area contributed by atoms with Crippen LogP contribution in [-0.2, 0) is 9.59 Å². The average molecular weight is 319 g/mol. The molecule has 0 atom stereocenters. The van der Waals surface area contributed by atoms with Crippen molar-refractivity contribution in [2.75, 3.05) is 21.3 Å². The van der Waals surface area contributed by atoms with E-state index in [9.17, 15) is 9.59 Å². The number of rotatable bonds is 4. The van der Waals surface area contributed by atoms with Gasteiger partial charge in [0.05, 0.1) is 14.2 Å². The van der Waals surface area contributed by atoms with Crippen molar-refractivity contribution >= 4 is 23.9 Å². The summed E-state index contributed by atoms with van der Waals surface area (Å²) in [4.78, 5) is 28.2. The van der Waals surface area contributed by atoms with Crippen LogP contribution in [0.25, 0.3) is 6.08 Å². The van der Waals surface area contributed by atoms with Crippen LogP contribution in [0.4, 0.5) is 0 Å². The van der Waals surface area contributed by atoms with E-state index in [1.54, 1.807) is 25.3 Å². The molecule has 0 aromatic heterocycles. The fourth-order valence-electron chi connectivity index (χ4n) is 2.05. The van der Waals surface area contributed by atoms with Crippen molar-refractivity contribution < 1.29 is 23.8 Å². The third-order valence-corrected chi connectivity index (χ3v) is 3.17. The van der Waals surface area contributed by atoms with Gasteiger partial charge in [0.25, 0.3) is 5.91 Å². The molecule has 1 aliphatic rings. The van der Waals surface area contributed by atoms with E-state index in [0.717, 1.165) is 0 Å². The second kappa shape index (κ2) is 6.39. The zero-order valence-electron chi connectivity index (χ0n) is 13.2. The average Bonchev–Trinajstić information content (AvgIpc) is 2.74. The van der Waals surface area contributed by atoms with E-state index in [0.29, 0.717) is 22.8 Å². The molecule has 23 heavy (non-hydrogen) atoms. The van der Waals surface area contributed by atoms with Gasteiger partial charge in [0.2, 0.25) is 11.7 Å². The van der Waals surface area contributed by atoms with Gasteiger partial charge in [0, 0.05) is 14.0 Å². The van der Waals surface area contributed by atoms with Crippen molar-refractivity contribution in [1.82, 2.24) is 4.90 Å². The lowest BCUT2D eigenvalue weighted by Gasteiger charge is -2.15. The molecule has 1 aromatic carbocycles. The van der Waals surface area contributed by atoms with Crippen molar-refractivity contribution in [2.45, 2.75) is 6.92 Å². The van der Waals surface area contributed by atoms with Crippen LogP contribution in [0.3, 0.4) is 0 Å². The molecule has 0 radical (unpaired) electrons.